The third-order valence-electron chi connectivity index (χ3n) is 4.81. The van der Waals surface area contributed by atoms with Crippen LogP contribution in [-0.4, -0.2) is 44.4 Å². The molecular formula is C25H22ClN5O3S. The Morgan fingerprint density at radius 3 is 2.63 bits per heavy atom. The van der Waals surface area contributed by atoms with Crippen LogP contribution < -0.4 is 10.2 Å². The molecular weight excluding hydrogens is 486 g/mol. The molecule has 0 atom stereocenters. The molecule has 0 saturated heterocycles. The number of ether oxygens (including phenoxy) is 1. The highest BCUT2D eigenvalue weighted by atomic mass is 35.5. The average molecular weight is 508 g/mol. The zero-order chi connectivity index (χ0) is 24.6. The summed E-state index contributed by atoms with van der Waals surface area (Å²) in [6, 6.07) is 22.1. The van der Waals surface area contributed by atoms with Gasteiger partial charge in [-0.1, -0.05) is 47.6 Å². The summed E-state index contributed by atoms with van der Waals surface area (Å²) in [4.78, 5) is 12.4. The summed E-state index contributed by atoms with van der Waals surface area (Å²) >= 11 is 7.27. The van der Waals surface area contributed by atoms with Gasteiger partial charge in [-0.3, -0.25) is 9.36 Å². The highest BCUT2D eigenvalue weighted by Crippen LogP contribution is 2.29. The number of benzene rings is 3. The monoisotopic (exact) mass is 507 g/mol. The first-order valence-electron chi connectivity index (χ1n) is 10.7. The number of phenols is 1. The molecule has 2 N–H and O–H groups in total. The van der Waals surface area contributed by atoms with Crippen molar-refractivity contribution in [3.05, 3.63) is 83.4 Å². The summed E-state index contributed by atoms with van der Waals surface area (Å²) in [5.41, 5.74) is 4.62. The van der Waals surface area contributed by atoms with Crippen molar-refractivity contribution in [2.45, 2.75) is 12.1 Å². The Morgan fingerprint density at radius 1 is 1.11 bits per heavy atom. The fraction of sp³-hybridized carbons (Fsp3) is 0.120. The Labute approximate surface area is 211 Å². The lowest BCUT2D eigenvalue weighted by molar-refractivity contribution is -0.118. The van der Waals surface area contributed by atoms with Crippen molar-refractivity contribution < 1.29 is 14.6 Å². The van der Waals surface area contributed by atoms with Crippen LogP contribution in [0.3, 0.4) is 0 Å². The molecule has 35 heavy (non-hydrogen) atoms. The van der Waals surface area contributed by atoms with Gasteiger partial charge < -0.3 is 9.84 Å². The molecule has 3 aromatic carbocycles. The summed E-state index contributed by atoms with van der Waals surface area (Å²) in [7, 11) is 0. The molecule has 0 aliphatic heterocycles. The number of thioether (sulfide) groups is 1. The lowest BCUT2D eigenvalue weighted by Gasteiger charge is -2.10. The average Bonchev–Trinajstić information content (AvgIpc) is 3.30. The standard InChI is InChI=1S/C25H22ClN5O3S/c1-2-34-21-10-6-7-18(23(21)33)15-27-28-22(32)16-35-25-30-29-24(17-11-13-19(26)14-12-17)31(25)20-8-4-3-5-9-20/h3-15,33H,2,16H2,1H3,(H,28,32). The Hall–Kier alpha value is -3.82. The molecule has 10 heteroatoms. The molecule has 0 radical (unpaired) electrons. The Morgan fingerprint density at radius 2 is 1.89 bits per heavy atom. The molecule has 1 amide bonds. The predicted molar refractivity (Wildman–Crippen MR) is 138 cm³/mol. The Bertz CT molecular complexity index is 1330. The van der Waals surface area contributed by atoms with Crippen molar-refractivity contribution in [3.63, 3.8) is 0 Å². The second-order valence-electron chi connectivity index (χ2n) is 7.19. The van der Waals surface area contributed by atoms with Gasteiger partial charge in [0.05, 0.1) is 18.6 Å². The van der Waals surface area contributed by atoms with Gasteiger partial charge in [0, 0.05) is 21.8 Å². The highest BCUT2D eigenvalue weighted by molar-refractivity contribution is 7.99. The molecule has 0 aliphatic carbocycles. The van der Waals surface area contributed by atoms with Crippen molar-refractivity contribution in [3.8, 4) is 28.6 Å². The van der Waals surface area contributed by atoms with Crippen LogP contribution in [0.15, 0.2) is 83.1 Å². The van der Waals surface area contributed by atoms with E-state index in [4.69, 9.17) is 16.3 Å². The topological polar surface area (TPSA) is 102 Å². The number of hydrazone groups is 1. The molecule has 0 spiro atoms. The maximum atomic E-state index is 12.4. The van der Waals surface area contributed by atoms with E-state index in [0.29, 0.717) is 33.9 Å². The van der Waals surface area contributed by atoms with Gasteiger partial charge in [0.25, 0.3) is 5.91 Å². The van der Waals surface area contributed by atoms with Crippen LogP contribution in [-0.2, 0) is 4.79 Å². The third-order valence-corrected chi connectivity index (χ3v) is 5.99. The molecule has 4 rings (SSSR count). The van der Waals surface area contributed by atoms with Gasteiger partial charge in [-0.2, -0.15) is 5.10 Å². The van der Waals surface area contributed by atoms with Gasteiger partial charge >= 0.3 is 0 Å². The first kappa shape index (κ1) is 24.3. The number of halogens is 1. The van der Waals surface area contributed by atoms with Gasteiger partial charge in [-0.25, -0.2) is 5.43 Å². The van der Waals surface area contributed by atoms with Crippen molar-refractivity contribution in [1.82, 2.24) is 20.2 Å². The minimum absolute atomic E-state index is 0.0348. The predicted octanol–water partition coefficient (Wildman–Crippen LogP) is 4.93. The van der Waals surface area contributed by atoms with Gasteiger partial charge in [0.15, 0.2) is 22.5 Å². The van der Waals surface area contributed by atoms with Crippen LogP contribution in [0.2, 0.25) is 5.02 Å². The van der Waals surface area contributed by atoms with Crippen molar-refractivity contribution in [2.75, 3.05) is 12.4 Å². The van der Waals surface area contributed by atoms with Crippen LogP contribution in [0.5, 0.6) is 11.5 Å². The van der Waals surface area contributed by atoms with Crippen LogP contribution in [0.1, 0.15) is 12.5 Å². The first-order valence-corrected chi connectivity index (χ1v) is 12.1. The molecule has 0 unspecified atom stereocenters. The number of para-hydroxylation sites is 2. The smallest absolute Gasteiger partial charge is 0.250 e. The maximum Gasteiger partial charge on any atom is 0.250 e. The van der Waals surface area contributed by atoms with Crippen LogP contribution in [0, 0.1) is 0 Å². The van der Waals surface area contributed by atoms with E-state index < -0.39 is 0 Å². The quantitative estimate of drug-likeness (QED) is 0.189. The fourth-order valence-electron chi connectivity index (χ4n) is 3.21. The molecule has 178 valence electrons. The molecule has 0 fully saturated rings. The zero-order valence-corrected chi connectivity index (χ0v) is 20.3. The van der Waals surface area contributed by atoms with Crippen LogP contribution in [0.4, 0.5) is 0 Å². The second-order valence-corrected chi connectivity index (χ2v) is 8.57. The van der Waals surface area contributed by atoms with Crippen LogP contribution in [0.25, 0.3) is 17.1 Å². The molecule has 8 nitrogen and oxygen atoms in total. The molecule has 1 heterocycles. The lowest BCUT2D eigenvalue weighted by Crippen LogP contribution is -2.20. The fourth-order valence-corrected chi connectivity index (χ4v) is 4.08. The van der Waals surface area contributed by atoms with E-state index in [1.54, 1.807) is 30.3 Å². The van der Waals surface area contributed by atoms with E-state index in [2.05, 4.69) is 20.7 Å². The second kappa shape index (κ2) is 11.5. The highest BCUT2D eigenvalue weighted by Gasteiger charge is 2.17. The number of hydrogen-bond acceptors (Lipinski definition) is 7. The third kappa shape index (κ3) is 6.00. The number of carbonyl (C=O) groups excluding carboxylic acids is 1. The minimum Gasteiger partial charge on any atom is -0.504 e. The van der Waals surface area contributed by atoms with Gasteiger partial charge in [-0.15, -0.1) is 10.2 Å². The summed E-state index contributed by atoms with van der Waals surface area (Å²) in [5.74, 6) is 0.691. The minimum atomic E-state index is -0.331. The van der Waals surface area contributed by atoms with E-state index in [-0.39, 0.29) is 17.4 Å². The van der Waals surface area contributed by atoms with E-state index in [1.807, 2.05) is 54.0 Å². The molecule has 0 bridgehead atoms. The number of nitrogens with zero attached hydrogens (tertiary/aromatic N) is 4. The Balaban J connectivity index is 1.47. The number of nitrogens with one attached hydrogen (secondary N) is 1. The van der Waals surface area contributed by atoms with Crippen LogP contribution >= 0.6 is 23.4 Å². The first-order chi connectivity index (χ1) is 17.1. The molecule has 4 aromatic rings. The van der Waals surface area contributed by atoms with Gasteiger partial charge in [-0.05, 0) is 55.5 Å². The maximum absolute atomic E-state index is 12.4. The normalized spacial score (nSPS) is 11.0. The van der Waals surface area contributed by atoms with Gasteiger partial charge in [0.1, 0.15) is 0 Å². The number of amides is 1. The van der Waals surface area contributed by atoms with Crippen molar-refractivity contribution >= 4 is 35.5 Å². The number of phenolic OH excluding ortho intramolecular Hbond substituents is 1. The van der Waals surface area contributed by atoms with E-state index in [0.717, 1.165) is 11.3 Å². The molecule has 0 aliphatic rings. The van der Waals surface area contributed by atoms with E-state index >= 15 is 0 Å². The molecule has 1 aromatic heterocycles. The summed E-state index contributed by atoms with van der Waals surface area (Å²) in [6.07, 6.45) is 1.37. The van der Waals surface area contributed by atoms with E-state index in [1.165, 1.54) is 18.0 Å². The lowest BCUT2D eigenvalue weighted by atomic mass is 10.2. The number of carbonyl (C=O) groups is 1. The summed E-state index contributed by atoms with van der Waals surface area (Å²) in [5, 5.41) is 24.0. The number of rotatable bonds is 9. The largest absolute Gasteiger partial charge is 0.504 e. The zero-order valence-electron chi connectivity index (χ0n) is 18.8. The van der Waals surface area contributed by atoms with E-state index in [9.17, 15) is 9.90 Å². The number of hydrogen-bond donors (Lipinski definition) is 2. The number of aromatic hydroxyl groups is 1. The summed E-state index contributed by atoms with van der Waals surface area (Å²) < 4.78 is 7.25. The van der Waals surface area contributed by atoms with Gasteiger partial charge in [0.2, 0.25) is 0 Å². The van der Waals surface area contributed by atoms with Crippen molar-refractivity contribution in [2.24, 2.45) is 5.10 Å². The number of aromatic nitrogens is 3. The summed E-state index contributed by atoms with van der Waals surface area (Å²) in [6.45, 7) is 2.25. The Kier molecular flexibility index (Phi) is 8.02. The molecule has 0 saturated carbocycles. The SMILES string of the molecule is CCOc1cccc(C=NNC(=O)CSc2nnc(-c3ccc(Cl)cc3)n2-c2ccccc2)c1O. The van der Waals surface area contributed by atoms with Crippen molar-refractivity contribution in [1.29, 1.82) is 0 Å².